The molecule has 2 heterocycles. The van der Waals surface area contributed by atoms with Crippen molar-refractivity contribution >= 4 is 12.1 Å². The molecule has 3 aliphatic rings. The lowest BCUT2D eigenvalue weighted by Crippen LogP contribution is -2.37. The topological polar surface area (TPSA) is 72.9 Å². The molecule has 128 valence electrons. The van der Waals surface area contributed by atoms with Crippen LogP contribution in [-0.2, 0) is 13.1 Å². The van der Waals surface area contributed by atoms with Gasteiger partial charge in [-0.15, -0.1) is 0 Å². The van der Waals surface area contributed by atoms with Gasteiger partial charge in [0.15, 0.2) is 0 Å². The van der Waals surface area contributed by atoms with Gasteiger partial charge in [0.1, 0.15) is 5.82 Å². The first-order valence-electron chi connectivity index (χ1n) is 8.31. The van der Waals surface area contributed by atoms with Crippen LogP contribution in [0.25, 0.3) is 0 Å². The van der Waals surface area contributed by atoms with Crippen molar-refractivity contribution in [3.8, 4) is 0 Å². The van der Waals surface area contributed by atoms with Crippen LogP contribution in [0.15, 0.2) is 18.2 Å². The van der Waals surface area contributed by atoms with Gasteiger partial charge in [-0.1, -0.05) is 6.07 Å². The van der Waals surface area contributed by atoms with E-state index in [9.17, 15) is 14.0 Å². The number of urea groups is 1. The Kier molecular flexibility index (Phi) is 3.58. The number of nitrogens with zero attached hydrogens (tertiary/aromatic N) is 2. The summed E-state index contributed by atoms with van der Waals surface area (Å²) in [6.07, 6.45) is 0.0588. The number of carbonyl (C=O) groups is 2. The van der Waals surface area contributed by atoms with E-state index in [4.69, 9.17) is 5.11 Å². The highest BCUT2D eigenvalue weighted by molar-refractivity contribution is 5.75. The third-order valence-corrected chi connectivity index (χ3v) is 5.57. The highest BCUT2D eigenvalue weighted by atomic mass is 19.1. The van der Waals surface area contributed by atoms with E-state index in [1.807, 2.05) is 0 Å². The molecule has 0 radical (unpaired) electrons. The molecule has 2 N–H and O–H groups in total. The van der Waals surface area contributed by atoms with Crippen LogP contribution >= 0.6 is 0 Å². The van der Waals surface area contributed by atoms with Gasteiger partial charge in [-0.2, -0.15) is 0 Å². The molecule has 1 saturated heterocycles. The van der Waals surface area contributed by atoms with Crippen molar-refractivity contribution in [2.24, 2.45) is 17.8 Å². The molecule has 6 nitrogen and oxygen atoms in total. The number of amides is 3. The van der Waals surface area contributed by atoms with Crippen molar-refractivity contribution in [1.29, 1.82) is 0 Å². The van der Waals surface area contributed by atoms with E-state index in [0.29, 0.717) is 50.5 Å². The lowest BCUT2D eigenvalue weighted by molar-refractivity contribution is 0.148. The highest BCUT2D eigenvalue weighted by Gasteiger charge is 2.55. The number of carboxylic acid groups (broad SMARTS) is 1. The smallest absolute Gasteiger partial charge is 0.407 e. The monoisotopic (exact) mass is 333 g/mol. The van der Waals surface area contributed by atoms with E-state index >= 15 is 0 Å². The maximum absolute atomic E-state index is 13.2. The second kappa shape index (κ2) is 5.65. The molecule has 4 rings (SSSR count). The lowest BCUT2D eigenvalue weighted by Gasteiger charge is -2.18. The van der Waals surface area contributed by atoms with Gasteiger partial charge in [0.25, 0.3) is 0 Å². The summed E-state index contributed by atoms with van der Waals surface area (Å²) in [6, 6.07) is 4.52. The molecular formula is C17H20FN3O3. The molecule has 3 amide bonds. The van der Waals surface area contributed by atoms with Crippen LogP contribution in [0.3, 0.4) is 0 Å². The fourth-order valence-electron chi connectivity index (χ4n) is 4.20. The molecule has 1 aromatic rings. The van der Waals surface area contributed by atoms with Gasteiger partial charge in [-0.05, 0) is 47.4 Å². The molecule has 24 heavy (non-hydrogen) atoms. The Hall–Kier alpha value is -2.31. The SMILES string of the molecule is O=C(O)N1CC2C(CCNC(=O)N3Cc4ccc(F)cc4C3)C2C1. The number of halogens is 1. The summed E-state index contributed by atoms with van der Waals surface area (Å²) in [5.74, 6) is 1.20. The molecule has 2 atom stereocenters. The second-order valence-electron chi connectivity index (χ2n) is 6.97. The lowest BCUT2D eigenvalue weighted by atomic mass is 10.1. The quantitative estimate of drug-likeness (QED) is 0.890. The van der Waals surface area contributed by atoms with Gasteiger partial charge in [-0.3, -0.25) is 0 Å². The molecule has 0 bridgehead atoms. The van der Waals surface area contributed by atoms with Gasteiger partial charge in [0.2, 0.25) is 0 Å². The van der Waals surface area contributed by atoms with Gasteiger partial charge in [0, 0.05) is 32.7 Å². The molecule has 0 aromatic heterocycles. The summed E-state index contributed by atoms with van der Waals surface area (Å²) in [6.45, 7) is 2.83. The number of hydrogen-bond donors (Lipinski definition) is 2. The Labute approximate surface area is 139 Å². The fraction of sp³-hybridized carbons (Fsp3) is 0.529. The van der Waals surface area contributed by atoms with E-state index in [2.05, 4.69) is 5.32 Å². The highest BCUT2D eigenvalue weighted by Crippen LogP contribution is 2.53. The average molecular weight is 333 g/mol. The molecule has 2 fully saturated rings. The Morgan fingerprint density at radius 2 is 1.88 bits per heavy atom. The number of piperidine rings is 1. The van der Waals surface area contributed by atoms with E-state index in [0.717, 1.165) is 17.5 Å². The third kappa shape index (κ3) is 2.68. The van der Waals surface area contributed by atoms with E-state index in [1.54, 1.807) is 11.0 Å². The maximum atomic E-state index is 13.2. The first-order valence-corrected chi connectivity index (χ1v) is 8.31. The normalized spacial score (nSPS) is 27.0. The summed E-state index contributed by atoms with van der Waals surface area (Å²) in [5.41, 5.74) is 1.87. The Morgan fingerprint density at radius 3 is 2.58 bits per heavy atom. The number of rotatable bonds is 3. The maximum Gasteiger partial charge on any atom is 0.407 e. The number of fused-ring (bicyclic) bond motifs is 2. The van der Waals surface area contributed by atoms with Crippen LogP contribution in [-0.4, -0.2) is 46.7 Å². The second-order valence-corrected chi connectivity index (χ2v) is 6.97. The number of nitrogens with one attached hydrogen (secondary N) is 1. The summed E-state index contributed by atoms with van der Waals surface area (Å²) < 4.78 is 13.2. The van der Waals surface area contributed by atoms with Gasteiger partial charge >= 0.3 is 12.1 Å². The Bertz CT molecular complexity index is 684. The van der Waals surface area contributed by atoms with Gasteiger partial charge in [-0.25, -0.2) is 14.0 Å². The van der Waals surface area contributed by atoms with Crippen molar-refractivity contribution in [3.05, 3.63) is 35.1 Å². The van der Waals surface area contributed by atoms with Crippen LogP contribution in [0.2, 0.25) is 0 Å². The summed E-state index contributed by atoms with van der Waals surface area (Å²) >= 11 is 0. The van der Waals surface area contributed by atoms with Crippen LogP contribution < -0.4 is 5.32 Å². The number of likely N-dealkylation sites (tertiary alicyclic amines) is 1. The minimum Gasteiger partial charge on any atom is -0.465 e. The summed E-state index contributed by atoms with van der Waals surface area (Å²) in [4.78, 5) is 26.3. The molecule has 2 aliphatic heterocycles. The molecule has 0 spiro atoms. The molecular weight excluding hydrogens is 313 g/mol. The van der Waals surface area contributed by atoms with E-state index in [1.165, 1.54) is 17.0 Å². The summed E-state index contributed by atoms with van der Waals surface area (Å²) in [5, 5.41) is 11.9. The standard InChI is InChI=1S/C17H20FN3O3/c18-12-2-1-10-6-20(7-11(10)5-12)16(22)19-4-3-13-14-8-21(17(23)24)9-15(13)14/h1-2,5,13-15H,3-4,6-9H2,(H,19,22)(H,23,24). The van der Waals surface area contributed by atoms with E-state index < -0.39 is 6.09 Å². The first kappa shape index (κ1) is 15.2. The minimum absolute atomic E-state index is 0.121. The zero-order valence-electron chi connectivity index (χ0n) is 13.2. The average Bonchev–Trinajstić information content (AvgIpc) is 2.94. The molecule has 2 unspecified atom stereocenters. The first-order chi connectivity index (χ1) is 11.5. The number of benzene rings is 1. The van der Waals surface area contributed by atoms with Crippen molar-refractivity contribution in [2.45, 2.75) is 19.5 Å². The molecule has 1 saturated carbocycles. The molecule has 1 aliphatic carbocycles. The van der Waals surface area contributed by atoms with Gasteiger partial charge in [0.05, 0.1) is 0 Å². The van der Waals surface area contributed by atoms with Crippen LogP contribution in [0, 0.1) is 23.6 Å². The zero-order chi connectivity index (χ0) is 16.8. The largest absolute Gasteiger partial charge is 0.465 e. The van der Waals surface area contributed by atoms with Crippen LogP contribution in [0.1, 0.15) is 17.5 Å². The van der Waals surface area contributed by atoms with Crippen LogP contribution in [0.4, 0.5) is 14.0 Å². The minimum atomic E-state index is -0.834. The molecule has 1 aromatic carbocycles. The predicted molar refractivity (Wildman–Crippen MR) is 83.7 cm³/mol. The van der Waals surface area contributed by atoms with Crippen molar-refractivity contribution in [3.63, 3.8) is 0 Å². The van der Waals surface area contributed by atoms with Crippen molar-refractivity contribution in [1.82, 2.24) is 15.1 Å². The Morgan fingerprint density at radius 1 is 1.17 bits per heavy atom. The van der Waals surface area contributed by atoms with E-state index in [-0.39, 0.29) is 11.8 Å². The van der Waals surface area contributed by atoms with Gasteiger partial charge < -0.3 is 20.2 Å². The number of carbonyl (C=O) groups excluding carboxylic acids is 1. The number of hydrogen-bond acceptors (Lipinski definition) is 2. The zero-order valence-corrected chi connectivity index (χ0v) is 13.2. The van der Waals surface area contributed by atoms with Crippen molar-refractivity contribution in [2.75, 3.05) is 19.6 Å². The predicted octanol–water partition coefficient (Wildman–Crippen LogP) is 2.10. The Balaban J connectivity index is 1.20. The summed E-state index contributed by atoms with van der Waals surface area (Å²) in [7, 11) is 0. The molecule has 7 heteroatoms. The fourth-order valence-corrected chi connectivity index (χ4v) is 4.20. The van der Waals surface area contributed by atoms with Crippen LogP contribution in [0.5, 0.6) is 0 Å². The third-order valence-electron chi connectivity index (χ3n) is 5.57. The van der Waals surface area contributed by atoms with Crippen molar-refractivity contribution < 1.29 is 19.1 Å².